The number of piperazine rings is 1. The van der Waals surface area contributed by atoms with Gasteiger partial charge in [-0.25, -0.2) is 0 Å². The first-order chi connectivity index (χ1) is 12.6. The number of nitrogens with one attached hydrogen (secondary N) is 2. The predicted molar refractivity (Wildman–Crippen MR) is 105 cm³/mol. The monoisotopic (exact) mass is 374 g/mol. The number of anilines is 2. The normalized spacial score (nSPS) is 16.2. The molecular weight excluding hydrogens is 350 g/mol. The number of halogens is 1. The van der Waals surface area contributed by atoms with Crippen LogP contribution in [0.2, 0.25) is 5.02 Å². The fraction of sp³-hybridized carbons (Fsp3) is 0.350. The van der Waals surface area contributed by atoms with Crippen molar-refractivity contribution in [3.8, 4) is 5.75 Å². The van der Waals surface area contributed by atoms with Gasteiger partial charge in [-0.2, -0.15) is 0 Å². The number of rotatable bonds is 5. The van der Waals surface area contributed by atoms with Crippen molar-refractivity contribution in [3.63, 3.8) is 0 Å². The summed E-state index contributed by atoms with van der Waals surface area (Å²) in [5, 5.41) is 3.53. The van der Waals surface area contributed by atoms with Crippen LogP contribution in [0, 0.1) is 0 Å². The van der Waals surface area contributed by atoms with Crippen molar-refractivity contribution < 1.29 is 14.4 Å². The fourth-order valence-electron chi connectivity index (χ4n) is 3.33. The Morgan fingerprint density at radius 1 is 1.19 bits per heavy atom. The van der Waals surface area contributed by atoms with Crippen LogP contribution in [0.4, 0.5) is 11.4 Å². The molecule has 6 heteroatoms. The van der Waals surface area contributed by atoms with E-state index in [-0.39, 0.29) is 11.9 Å². The molecule has 0 aliphatic carbocycles. The molecule has 0 radical (unpaired) electrons. The third-order valence-electron chi connectivity index (χ3n) is 4.95. The molecule has 5 nitrogen and oxygen atoms in total. The first-order valence-electron chi connectivity index (χ1n) is 8.87. The maximum Gasteiger partial charge on any atom is 0.282 e. The fourth-order valence-corrected chi connectivity index (χ4v) is 3.50. The maximum atomic E-state index is 12.7. The van der Waals surface area contributed by atoms with Crippen molar-refractivity contribution in [1.29, 1.82) is 0 Å². The SMILES string of the molecule is COc1ccc(Cl)cc1NC(=O)[C@H](C)[NH+]1CCN(c2ccccc2)CC1. The van der Waals surface area contributed by atoms with E-state index < -0.39 is 0 Å². The molecule has 1 aliphatic heterocycles. The van der Waals surface area contributed by atoms with Crippen LogP contribution >= 0.6 is 11.6 Å². The second-order valence-electron chi connectivity index (χ2n) is 6.54. The molecule has 1 amide bonds. The average molecular weight is 375 g/mol. The zero-order valence-electron chi connectivity index (χ0n) is 15.2. The summed E-state index contributed by atoms with van der Waals surface area (Å²) < 4.78 is 5.30. The van der Waals surface area contributed by atoms with E-state index in [1.54, 1.807) is 25.3 Å². The van der Waals surface area contributed by atoms with Crippen molar-refractivity contribution in [3.05, 3.63) is 53.6 Å². The molecule has 1 saturated heterocycles. The molecule has 1 fully saturated rings. The lowest BCUT2D eigenvalue weighted by molar-refractivity contribution is -0.914. The van der Waals surface area contributed by atoms with Gasteiger partial charge in [-0.05, 0) is 37.3 Å². The Hall–Kier alpha value is -2.24. The van der Waals surface area contributed by atoms with Crippen LogP contribution in [-0.4, -0.2) is 45.2 Å². The summed E-state index contributed by atoms with van der Waals surface area (Å²) in [4.78, 5) is 16.4. The Balaban J connectivity index is 1.59. The van der Waals surface area contributed by atoms with E-state index in [4.69, 9.17) is 16.3 Å². The van der Waals surface area contributed by atoms with Gasteiger partial charge in [0.1, 0.15) is 5.75 Å². The molecule has 138 valence electrons. The van der Waals surface area contributed by atoms with Crippen LogP contribution in [0.25, 0.3) is 0 Å². The summed E-state index contributed by atoms with van der Waals surface area (Å²) in [7, 11) is 1.58. The first-order valence-corrected chi connectivity index (χ1v) is 9.25. The van der Waals surface area contributed by atoms with Gasteiger partial charge in [-0.1, -0.05) is 29.8 Å². The number of benzene rings is 2. The third-order valence-corrected chi connectivity index (χ3v) is 5.19. The number of quaternary nitrogens is 1. The lowest BCUT2D eigenvalue weighted by Crippen LogP contribution is -3.19. The van der Waals surface area contributed by atoms with Crippen molar-refractivity contribution in [2.75, 3.05) is 43.5 Å². The molecule has 0 spiro atoms. The highest BCUT2D eigenvalue weighted by Gasteiger charge is 2.29. The summed E-state index contributed by atoms with van der Waals surface area (Å²) in [6, 6.07) is 15.5. The summed E-state index contributed by atoms with van der Waals surface area (Å²) in [5.74, 6) is 0.590. The van der Waals surface area contributed by atoms with Gasteiger partial charge in [-0.3, -0.25) is 4.79 Å². The molecule has 1 atom stereocenters. The second kappa shape index (κ2) is 8.43. The van der Waals surface area contributed by atoms with E-state index in [9.17, 15) is 4.79 Å². The van der Waals surface area contributed by atoms with Crippen LogP contribution in [0.5, 0.6) is 5.75 Å². The standard InChI is InChI=1S/C20H24ClN3O2/c1-15(20(25)22-18-14-16(21)8-9-19(18)26-2)23-10-12-24(13-11-23)17-6-4-3-5-7-17/h3-9,14-15H,10-13H2,1-2H3,(H,22,25)/p+1/t15-/m0/s1. The molecule has 3 rings (SSSR count). The van der Waals surface area contributed by atoms with E-state index in [0.717, 1.165) is 26.2 Å². The molecular formula is C20H25ClN3O2+. The van der Waals surface area contributed by atoms with Crippen molar-refractivity contribution in [2.45, 2.75) is 13.0 Å². The highest BCUT2D eigenvalue weighted by Crippen LogP contribution is 2.27. The summed E-state index contributed by atoms with van der Waals surface area (Å²) in [5.41, 5.74) is 1.85. The summed E-state index contributed by atoms with van der Waals surface area (Å²) in [6.07, 6.45) is 0. The van der Waals surface area contributed by atoms with Gasteiger partial charge in [-0.15, -0.1) is 0 Å². The lowest BCUT2D eigenvalue weighted by Gasteiger charge is -2.36. The van der Waals surface area contributed by atoms with E-state index in [1.807, 2.05) is 13.0 Å². The van der Waals surface area contributed by atoms with E-state index in [1.165, 1.54) is 10.6 Å². The molecule has 2 aromatic rings. The Morgan fingerprint density at radius 2 is 1.88 bits per heavy atom. The van der Waals surface area contributed by atoms with E-state index in [0.29, 0.717) is 16.5 Å². The van der Waals surface area contributed by atoms with Gasteiger partial charge >= 0.3 is 0 Å². The summed E-state index contributed by atoms with van der Waals surface area (Å²) in [6.45, 7) is 5.71. The zero-order valence-corrected chi connectivity index (χ0v) is 15.9. The molecule has 0 bridgehead atoms. The number of para-hydroxylation sites is 1. The maximum absolute atomic E-state index is 12.7. The van der Waals surface area contributed by atoms with Crippen molar-refractivity contribution >= 4 is 28.9 Å². The number of carbonyl (C=O) groups is 1. The third kappa shape index (κ3) is 4.29. The molecule has 1 aliphatic rings. The predicted octanol–water partition coefficient (Wildman–Crippen LogP) is 2.08. The minimum Gasteiger partial charge on any atom is -0.495 e. The Morgan fingerprint density at radius 3 is 2.54 bits per heavy atom. The highest BCUT2D eigenvalue weighted by atomic mass is 35.5. The van der Waals surface area contributed by atoms with Gasteiger partial charge in [0.15, 0.2) is 6.04 Å². The summed E-state index contributed by atoms with van der Waals surface area (Å²) >= 11 is 6.04. The van der Waals surface area contributed by atoms with E-state index in [2.05, 4.69) is 34.5 Å². The minimum absolute atomic E-state index is 0.0197. The number of carbonyl (C=O) groups excluding carboxylic acids is 1. The molecule has 2 aromatic carbocycles. The topological polar surface area (TPSA) is 46.0 Å². The minimum atomic E-state index is -0.142. The van der Waals surface area contributed by atoms with Gasteiger partial charge in [0, 0.05) is 10.7 Å². The van der Waals surface area contributed by atoms with Gasteiger partial charge in [0.25, 0.3) is 5.91 Å². The lowest BCUT2D eigenvalue weighted by atomic mass is 10.2. The molecule has 0 aromatic heterocycles. The molecule has 26 heavy (non-hydrogen) atoms. The number of ether oxygens (including phenoxy) is 1. The number of methoxy groups -OCH3 is 1. The van der Waals surface area contributed by atoms with Crippen molar-refractivity contribution in [1.82, 2.24) is 0 Å². The van der Waals surface area contributed by atoms with Gasteiger partial charge < -0.3 is 19.9 Å². The Bertz CT molecular complexity index is 746. The molecule has 2 N–H and O–H groups in total. The average Bonchev–Trinajstić information content (AvgIpc) is 2.68. The number of hydrogen-bond donors (Lipinski definition) is 2. The highest BCUT2D eigenvalue weighted by molar-refractivity contribution is 6.31. The van der Waals surface area contributed by atoms with Gasteiger partial charge in [0.2, 0.25) is 0 Å². The van der Waals surface area contributed by atoms with Crippen LogP contribution in [-0.2, 0) is 4.79 Å². The first kappa shape index (κ1) is 18.5. The van der Waals surface area contributed by atoms with Crippen LogP contribution < -0.4 is 19.9 Å². The smallest absolute Gasteiger partial charge is 0.282 e. The molecule has 0 unspecified atom stereocenters. The van der Waals surface area contributed by atoms with Crippen LogP contribution in [0.1, 0.15) is 6.92 Å². The van der Waals surface area contributed by atoms with Crippen molar-refractivity contribution in [2.24, 2.45) is 0 Å². The number of hydrogen-bond acceptors (Lipinski definition) is 3. The Kier molecular flexibility index (Phi) is 6.01. The van der Waals surface area contributed by atoms with Crippen LogP contribution in [0.15, 0.2) is 48.5 Å². The zero-order chi connectivity index (χ0) is 18.5. The van der Waals surface area contributed by atoms with Crippen LogP contribution in [0.3, 0.4) is 0 Å². The molecule has 0 saturated carbocycles. The van der Waals surface area contributed by atoms with E-state index >= 15 is 0 Å². The number of amides is 1. The Labute approximate surface area is 159 Å². The van der Waals surface area contributed by atoms with Gasteiger partial charge in [0.05, 0.1) is 39.0 Å². The number of nitrogens with zero attached hydrogens (tertiary/aromatic N) is 1. The quantitative estimate of drug-likeness (QED) is 0.842. The second-order valence-corrected chi connectivity index (χ2v) is 6.97. The molecule has 1 heterocycles. The largest absolute Gasteiger partial charge is 0.495 e.